The zero-order valence-corrected chi connectivity index (χ0v) is 12.9. The van der Waals surface area contributed by atoms with Crippen molar-refractivity contribution < 1.29 is 14.5 Å². The molecule has 0 saturated carbocycles. The maximum absolute atomic E-state index is 11.8. The van der Waals surface area contributed by atoms with E-state index in [9.17, 15) is 19.7 Å². The topological polar surface area (TPSA) is 105 Å². The number of nitrogens with one attached hydrogen (secondary N) is 2. The van der Waals surface area contributed by atoms with Crippen LogP contribution in [0.2, 0.25) is 0 Å². The highest BCUT2D eigenvalue weighted by molar-refractivity contribution is 6.39. The Morgan fingerprint density at radius 1 is 1.22 bits per heavy atom. The van der Waals surface area contributed by atoms with Crippen LogP contribution < -0.4 is 10.6 Å². The second kappa shape index (κ2) is 7.68. The first-order chi connectivity index (χ1) is 11.0. The molecule has 0 aliphatic carbocycles. The number of non-ortho nitro benzene ring substituents is 1. The van der Waals surface area contributed by atoms with Gasteiger partial charge in [-0.05, 0) is 51.0 Å². The molecule has 1 saturated heterocycles. The van der Waals surface area contributed by atoms with E-state index in [0.717, 1.165) is 25.9 Å². The summed E-state index contributed by atoms with van der Waals surface area (Å²) in [5.74, 6) is -1.07. The van der Waals surface area contributed by atoms with Crippen molar-refractivity contribution in [1.29, 1.82) is 0 Å². The Balaban J connectivity index is 1.78. The van der Waals surface area contributed by atoms with E-state index in [0.29, 0.717) is 18.2 Å². The molecule has 0 radical (unpaired) electrons. The Hall–Kier alpha value is -2.48. The lowest BCUT2D eigenvalue weighted by Gasteiger charge is -2.28. The van der Waals surface area contributed by atoms with Gasteiger partial charge < -0.3 is 15.5 Å². The number of likely N-dealkylation sites (tertiary alicyclic amines) is 1. The summed E-state index contributed by atoms with van der Waals surface area (Å²) in [6.07, 6.45) is 2.00. The van der Waals surface area contributed by atoms with Gasteiger partial charge in [0.1, 0.15) is 0 Å². The molecular formula is C15H20N4O4. The van der Waals surface area contributed by atoms with E-state index >= 15 is 0 Å². The Kier molecular flexibility index (Phi) is 5.64. The summed E-state index contributed by atoms with van der Waals surface area (Å²) < 4.78 is 0. The molecule has 124 valence electrons. The molecular weight excluding hydrogens is 300 g/mol. The lowest BCUT2D eigenvalue weighted by atomic mass is 9.97. The summed E-state index contributed by atoms with van der Waals surface area (Å²) >= 11 is 0. The Labute approximate surface area is 134 Å². The highest BCUT2D eigenvalue weighted by Gasteiger charge is 2.19. The molecule has 0 atom stereocenters. The molecule has 23 heavy (non-hydrogen) atoms. The molecule has 1 aliphatic heterocycles. The van der Waals surface area contributed by atoms with Crippen LogP contribution in [-0.4, -0.2) is 48.3 Å². The van der Waals surface area contributed by atoms with Crippen molar-refractivity contribution in [2.75, 3.05) is 32.0 Å². The molecule has 2 rings (SSSR count). The average molecular weight is 320 g/mol. The number of nitro groups is 1. The maximum Gasteiger partial charge on any atom is 0.313 e. The van der Waals surface area contributed by atoms with Gasteiger partial charge >= 0.3 is 11.8 Å². The second-order valence-corrected chi connectivity index (χ2v) is 5.71. The third kappa shape index (κ3) is 5.03. The van der Waals surface area contributed by atoms with Crippen LogP contribution >= 0.6 is 0 Å². The molecule has 8 nitrogen and oxygen atoms in total. The number of anilines is 1. The fraction of sp³-hybridized carbons (Fsp3) is 0.467. The van der Waals surface area contributed by atoms with E-state index in [4.69, 9.17) is 0 Å². The van der Waals surface area contributed by atoms with Crippen LogP contribution in [0.1, 0.15) is 12.8 Å². The van der Waals surface area contributed by atoms with E-state index in [-0.39, 0.29) is 5.69 Å². The van der Waals surface area contributed by atoms with Crippen molar-refractivity contribution in [3.63, 3.8) is 0 Å². The molecule has 1 aromatic carbocycles. The highest BCUT2D eigenvalue weighted by Crippen LogP contribution is 2.16. The SMILES string of the molecule is CN1CCC(CNC(=O)C(=O)Nc2ccc([N+](=O)[O-])cc2)CC1. The first-order valence-electron chi connectivity index (χ1n) is 7.48. The van der Waals surface area contributed by atoms with Gasteiger partial charge in [0.15, 0.2) is 0 Å². The fourth-order valence-electron chi connectivity index (χ4n) is 2.44. The number of nitrogens with zero attached hydrogens (tertiary/aromatic N) is 2. The van der Waals surface area contributed by atoms with Crippen LogP contribution in [-0.2, 0) is 9.59 Å². The molecule has 0 aromatic heterocycles. The van der Waals surface area contributed by atoms with Crippen LogP contribution in [0.25, 0.3) is 0 Å². The Morgan fingerprint density at radius 3 is 2.39 bits per heavy atom. The molecule has 1 aromatic rings. The standard InChI is InChI=1S/C15H20N4O4/c1-18-8-6-11(7-9-18)10-16-14(20)15(21)17-12-2-4-13(5-3-12)19(22)23/h2-5,11H,6-10H2,1H3,(H,16,20)(H,17,21). The number of rotatable bonds is 4. The molecule has 8 heteroatoms. The fourth-order valence-corrected chi connectivity index (χ4v) is 2.44. The highest BCUT2D eigenvalue weighted by atomic mass is 16.6. The van der Waals surface area contributed by atoms with Gasteiger partial charge in [0.05, 0.1) is 4.92 Å². The minimum atomic E-state index is -0.771. The summed E-state index contributed by atoms with van der Waals surface area (Å²) in [4.78, 5) is 35.8. The smallest absolute Gasteiger partial charge is 0.313 e. The van der Waals surface area contributed by atoms with Crippen LogP contribution in [0, 0.1) is 16.0 Å². The third-order valence-electron chi connectivity index (χ3n) is 3.93. The van der Waals surface area contributed by atoms with Crippen molar-refractivity contribution in [2.45, 2.75) is 12.8 Å². The number of hydrogen-bond acceptors (Lipinski definition) is 5. The van der Waals surface area contributed by atoms with Gasteiger partial charge in [-0.25, -0.2) is 0 Å². The van der Waals surface area contributed by atoms with Gasteiger partial charge in [0, 0.05) is 24.4 Å². The number of carbonyl (C=O) groups excluding carboxylic acids is 2. The summed E-state index contributed by atoms with van der Waals surface area (Å²) in [7, 11) is 2.06. The molecule has 2 amide bonds. The normalized spacial score (nSPS) is 15.9. The van der Waals surface area contributed by atoms with Gasteiger partial charge in [-0.2, -0.15) is 0 Å². The van der Waals surface area contributed by atoms with Crippen molar-refractivity contribution >= 4 is 23.2 Å². The second-order valence-electron chi connectivity index (χ2n) is 5.71. The summed E-state index contributed by atoms with van der Waals surface area (Å²) in [5.41, 5.74) is 0.268. The minimum Gasteiger partial charge on any atom is -0.348 e. The summed E-state index contributed by atoms with van der Waals surface area (Å²) in [6, 6.07) is 5.32. The first kappa shape index (κ1) is 16.9. The minimum absolute atomic E-state index is 0.0743. The van der Waals surface area contributed by atoms with E-state index in [1.165, 1.54) is 24.3 Å². The number of benzene rings is 1. The maximum atomic E-state index is 11.8. The van der Waals surface area contributed by atoms with E-state index < -0.39 is 16.7 Å². The van der Waals surface area contributed by atoms with Gasteiger partial charge in [-0.3, -0.25) is 19.7 Å². The van der Waals surface area contributed by atoms with Gasteiger partial charge in [0.25, 0.3) is 5.69 Å². The molecule has 2 N–H and O–H groups in total. The van der Waals surface area contributed by atoms with E-state index in [1.54, 1.807) is 0 Å². The van der Waals surface area contributed by atoms with Crippen molar-refractivity contribution in [3.8, 4) is 0 Å². The Morgan fingerprint density at radius 2 is 1.83 bits per heavy atom. The summed E-state index contributed by atoms with van der Waals surface area (Å²) in [6.45, 7) is 2.48. The predicted octanol–water partition coefficient (Wildman–Crippen LogP) is 0.991. The molecule has 0 unspecified atom stereocenters. The first-order valence-corrected chi connectivity index (χ1v) is 7.48. The van der Waals surface area contributed by atoms with E-state index in [1.807, 2.05) is 0 Å². The molecule has 1 heterocycles. The largest absolute Gasteiger partial charge is 0.348 e. The number of piperidine rings is 1. The zero-order valence-electron chi connectivity index (χ0n) is 12.9. The average Bonchev–Trinajstić information content (AvgIpc) is 2.54. The van der Waals surface area contributed by atoms with Crippen LogP contribution in [0.3, 0.4) is 0 Å². The van der Waals surface area contributed by atoms with E-state index in [2.05, 4.69) is 22.6 Å². The summed E-state index contributed by atoms with van der Waals surface area (Å²) in [5, 5.41) is 15.6. The molecule has 1 aliphatic rings. The monoisotopic (exact) mass is 320 g/mol. The number of amides is 2. The number of nitro benzene ring substituents is 1. The lowest BCUT2D eigenvalue weighted by Crippen LogP contribution is -2.41. The number of carbonyl (C=O) groups is 2. The van der Waals surface area contributed by atoms with Crippen LogP contribution in [0.4, 0.5) is 11.4 Å². The molecule has 0 bridgehead atoms. The van der Waals surface area contributed by atoms with Gasteiger partial charge in [-0.1, -0.05) is 0 Å². The molecule has 1 fully saturated rings. The van der Waals surface area contributed by atoms with Crippen molar-refractivity contribution in [3.05, 3.63) is 34.4 Å². The number of hydrogen-bond donors (Lipinski definition) is 2. The Bertz CT molecular complexity index is 580. The predicted molar refractivity (Wildman–Crippen MR) is 85.0 cm³/mol. The third-order valence-corrected chi connectivity index (χ3v) is 3.93. The zero-order chi connectivity index (χ0) is 16.8. The van der Waals surface area contributed by atoms with Gasteiger partial charge in [0.2, 0.25) is 0 Å². The van der Waals surface area contributed by atoms with Crippen molar-refractivity contribution in [2.24, 2.45) is 5.92 Å². The quantitative estimate of drug-likeness (QED) is 0.489. The lowest BCUT2D eigenvalue weighted by molar-refractivity contribution is -0.384. The molecule has 0 spiro atoms. The van der Waals surface area contributed by atoms with Crippen molar-refractivity contribution in [1.82, 2.24) is 10.2 Å². The van der Waals surface area contributed by atoms with Crippen LogP contribution in [0.5, 0.6) is 0 Å². The van der Waals surface area contributed by atoms with Gasteiger partial charge in [-0.15, -0.1) is 0 Å². The van der Waals surface area contributed by atoms with Crippen LogP contribution in [0.15, 0.2) is 24.3 Å².